The van der Waals surface area contributed by atoms with Crippen LogP contribution in [-0.2, 0) is 55.8 Å². The van der Waals surface area contributed by atoms with E-state index in [0.717, 1.165) is 141 Å². The third-order valence-corrected chi connectivity index (χ3v) is 15.8. The molecular formula is C67H120O16P2. The minimum Gasteiger partial charge on any atom is -0.463 e. The number of unbranched alkanes of at least 4 members (excludes halogenated alkanes) is 28. The van der Waals surface area contributed by atoms with Crippen molar-refractivity contribution >= 4 is 33.6 Å². The molecule has 5 atom stereocenters. The maximum atomic E-state index is 12.9. The van der Waals surface area contributed by atoms with E-state index < -0.39 is 91.5 Å². The molecule has 0 amide bonds. The van der Waals surface area contributed by atoms with Crippen LogP contribution in [0, 0.1) is 0 Å². The quantitative estimate of drug-likeness (QED) is 0.0146. The van der Waals surface area contributed by atoms with Crippen molar-refractivity contribution < 1.29 is 75.8 Å². The lowest BCUT2D eigenvalue weighted by Gasteiger charge is -2.21. The van der Waals surface area contributed by atoms with Gasteiger partial charge in [-0.2, -0.15) is 0 Å². The Bertz CT molecular complexity index is 1850. The highest BCUT2D eigenvalue weighted by molar-refractivity contribution is 7.47. The zero-order chi connectivity index (χ0) is 62.4. The van der Waals surface area contributed by atoms with Crippen molar-refractivity contribution in [3.05, 3.63) is 72.9 Å². The Morgan fingerprint density at radius 2 is 0.624 bits per heavy atom. The monoisotopic (exact) mass is 1240 g/mol. The Hall–Kier alpha value is -3.01. The van der Waals surface area contributed by atoms with Crippen molar-refractivity contribution in [1.82, 2.24) is 0 Å². The largest absolute Gasteiger partial charge is 0.472 e. The number of carbonyl (C=O) groups excluding carboxylic acids is 3. The topological polar surface area (TPSA) is 231 Å². The van der Waals surface area contributed by atoms with Crippen molar-refractivity contribution in [2.24, 2.45) is 0 Å². The molecule has 5 unspecified atom stereocenters. The van der Waals surface area contributed by atoms with Crippen LogP contribution in [0.15, 0.2) is 72.9 Å². The molecule has 0 radical (unpaired) electrons. The Kier molecular flexibility index (Phi) is 59.1. The first-order valence-corrected chi connectivity index (χ1v) is 36.2. The van der Waals surface area contributed by atoms with Crippen LogP contribution in [0.1, 0.15) is 278 Å². The van der Waals surface area contributed by atoms with E-state index in [1.165, 1.54) is 77.0 Å². The molecule has 0 saturated heterocycles. The first kappa shape index (κ1) is 82.0. The average Bonchev–Trinajstić information content (AvgIpc) is 3.51. The number of aliphatic hydroxyl groups excluding tert-OH is 2. The first-order chi connectivity index (χ1) is 41.2. The fourth-order valence-corrected chi connectivity index (χ4v) is 10.4. The Morgan fingerprint density at radius 1 is 0.341 bits per heavy atom. The number of rotatable bonds is 63. The molecule has 0 heterocycles. The van der Waals surface area contributed by atoms with Gasteiger partial charge >= 0.3 is 33.6 Å². The highest BCUT2D eigenvalue weighted by Crippen LogP contribution is 2.45. The van der Waals surface area contributed by atoms with Crippen molar-refractivity contribution in [3.8, 4) is 0 Å². The maximum absolute atomic E-state index is 12.9. The minimum absolute atomic E-state index is 0.106. The Morgan fingerprint density at radius 3 is 1.01 bits per heavy atom. The van der Waals surface area contributed by atoms with E-state index in [1.807, 2.05) is 0 Å². The fraction of sp³-hybridized carbons (Fsp3) is 0.776. The summed E-state index contributed by atoms with van der Waals surface area (Å²) in [6.45, 7) is 2.52. The van der Waals surface area contributed by atoms with Gasteiger partial charge in [0.15, 0.2) is 6.10 Å². The first-order valence-electron chi connectivity index (χ1n) is 33.2. The summed E-state index contributed by atoms with van der Waals surface area (Å²) in [6.07, 6.45) is 62.4. The van der Waals surface area contributed by atoms with Crippen molar-refractivity contribution in [1.29, 1.82) is 0 Å². The van der Waals surface area contributed by atoms with Crippen molar-refractivity contribution in [2.45, 2.75) is 296 Å². The number of aliphatic hydroxyl groups is 2. The molecule has 0 aromatic carbocycles. The predicted molar refractivity (Wildman–Crippen MR) is 344 cm³/mol. The van der Waals surface area contributed by atoms with Crippen molar-refractivity contribution in [3.63, 3.8) is 0 Å². The molecule has 0 saturated carbocycles. The summed E-state index contributed by atoms with van der Waals surface area (Å²) in [5.41, 5.74) is 0. The van der Waals surface area contributed by atoms with Gasteiger partial charge in [0.2, 0.25) is 0 Å². The second-order valence-corrected chi connectivity index (χ2v) is 25.2. The highest BCUT2D eigenvalue weighted by Gasteiger charge is 2.29. The van der Waals surface area contributed by atoms with Crippen molar-refractivity contribution in [2.75, 3.05) is 39.6 Å². The molecule has 0 aliphatic carbocycles. The van der Waals surface area contributed by atoms with E-state index in [2.05, 4.69) is 93.7 Å². The molecule has 0 aliphatic heterocycles. The van der Waals surface area contributed by atoms with Crippen LogP contribution in [0.3, 0.4) is 0 Å². The summed E-state index contributed by atoms with van der Waals surface area (Å²) < 4.78 is 60.8. The van der Waals surface area contributed by atoms with Crippen LogP contribution in [0.25, 0.3) is 0 Å². The molecule has 494 valence electrons. The summed E-state index contributed by atoms with van der Waals surface area (Å²) in [5.74, 6) is -1.59. The Labute approximate surface area is 515 Å². The molecule has 16 nitrogen and oxygen atoms in total. The normalized spacial score (nSPS) is 14.8. The lowest BCUT2D eigenvalue weighted by Crippen LogP contribution is -2.30. The third-order valence-electron chi connectivity index (χ3n) is 13.9. The molecule has 0 aromatic heterocycles. The van der Waals surface area contributed by atoms with E-state index in [0.29, 0.717) is 19.3 Å². The van der Waals surface area contributed by atoms with Crippen LogP contribution >= 0.6 is 15.6 Å². The number of ether oxygens (including phenoxy) is 3. The van der Waals surface area contributed by atoms with Gasteiger partial charge in [-0.25, -0.2) is 9.13 Å². The van der Waals surface area contributed by atoms with Gasteiger partial charge in [0.1, 0.15) is 25.4 Å². The number of carbonyl (C=O) groups is 3. The SMILES string of the molecule is CC/C=C\C/C=C\C/C=C\CCCCCCCCCC(=O)OCC(COP(=O)(O)OCC(O)COP(=O)(O)OCC(O)COC(=O)CCCCCCCC/C=C\C/C=C\C/C=C\CCCCC)OC(=O)CCCCCCCCCCCCCCC. The summed E-state index contributed by atoms with van der Waals surface area (Å²) in [7, 11) is -9.77. The zero-order valence-electron chi connectivity index (χ0n) is 53.3. The smallest absolute Gasteiger partial charge is 0.463 e. The van der Waals surface area contributed by atoms with Gasteiger partial charge in [-0.15, -0.1) is 0 Å². The van der Waals surface area contributed by atoms with E-state index in [9.17, 15) is 43.5 Å². The summed E-state index contributed by atoms with van der Waals surface area (Å²) in [6, 6.07) is 0. The lowest BCUT2D eigenvalue weighted by atomic mass is 10.0. The molecule has 85 heavy (non-hydrogen) atoms. The number of phosphoric ester groups is 2. The second kappa shape index (κ2) is 61.2. The lowest BCUT2D eigenvalue weighted by molar-refractivity contribution is -0.161. The summed E-state index contributed by atoms with van der Waals surface area (Å²) in [5, 5.41) is 20.5. The standard InChI is InChI=1S/C67H120O16P2/c1-4-7-10-13-16-19-22-25-27-29-30-32-34-36-38-41-44-47-50-53-65(70)77-56-62(68)57-79-84(73,74)80-58-63(69)59-81-85(75,76)82-61-64(83-67(72)55-52-49-46-43-40-35-24-21-18-15-12-9-6-3)60-78-66(71)54-51-48-45-42-39-37-33-31-28-26-23-20-17-14-11-8-5-2/h8,11,16-17,19-20,25-28,30,32,62-64,68-69H,4-7,9-10,12-15,18,21-24,29,31,33-61H2,1-3H3,(H,73,74)(H,75,76)/b11-8-,19-16-,20-17-,27-25-,28-26-,32-30-. The maximum Gasteiger partial charge on any atom is 0.472 e. The van der Waals surface area contributed by atoms with Gasteiger partial charge in [-0.05, 0) is 89.9 Å². The van der Waals surface area contributed by atoms with E-state index in [-0.39, 0.29) is 19.3 Å². The molecule has 0 rings (SSSR count). The number of esters is 3. The zero-order valence-corrected chi connectivity index (χ0v) is 55.1. The van der Waals surface area contributed by atoms with E-state index in [4.69, 9.17) is 32.3 Å². The number of phosphoric acid groups is 2. The van der Waals surface area contributed by atoms with Crippen LogP contribution < -0.4 is 0 Å². The number of hydrogen-bond donors (Lipinski definition) is 4. The second-order valence-electron chi connectivity index (χ2n) is 22.2. The van der Waals surface area contributed by atoms with Crippen LogP contribution in [0.5, 0.6) is 0 Å². The Balaban J connectivity index is 4.64. The predicted octanol–water partition coefficient (Wildman–Crippen LogP) is 18.0. The molecule has 0 fully saturated rings. The average molecular weight is 1240 g/mol. The van der Waals surface area contributed by atoms with Crippen LogP contribution in [0.4, 0.5) is 0 Å². The van der Waals surface area contributed by atoms with Gasteiger partial charge in [0, 0.05) is 19.3 Å². The molecule has 0 spiro atoms. The molecular weight excluding hydrogens is 1120 g/mol. The van der Waals surface area contributed by atoms with Gasteiger partial charge in [0.25, 0.3) is 0 Å². The molecule has 0 bridgehead atoms. The van der Waals surface area contributed by atoms with E-state index in [1.54, 1.807) is 0 Å². The molecule has 4 N–H and O–H groups in total. The van der Waals surface area contributed by atoms with Crippen LogP contribution in [0.2, 0.25) is 0 Å². The van der Waals surface area contributed by atoms with Gasteiger partial charge in [0.05, 0.1) is 26.4 Å². The van der Waals surface area contributed by atoms with Gasteiger partial charge in [-0.1, -0.05) is 241 Å². The molecule has 18 heteroatoms. The third kappa shape index (κ3) is 62.4. The molecule has 0 aliphatic rings. The highest BCUT2D eigenvalue weighted by atomic mass is 31.2. The van der Waals surface area contributed by atoms with E-state index >= 15 is 0 Å². The summed E-state index contributed by atoms with van der Waals surface area (Å²) >= 11 is 0. The van der Waals surface area contributed by atoms with Gasteiger partial charge < -0.3 is 34.2 Å². The number of allylic oxidation sites excluding steroid dienone is 12. The molecule has 0 aromatic rings. The fourth-order valence-electron chi connectivity index (χ4n) is 8.83. The van der Waals surface area contributed by atoms with Gasteiger partial charge in [-0.3, -0.25) is 32.5 Å². The number of hydrogen-bond acceptors (Lipinski definition) is 14. The minimum atomic E-state index is -4.92. The summed E-state index contributed by atoms with van der Waals surface area (Å²) in [4.78, 5) is 58.3. The van der Waals surface area contributed by atoms with Crippen LogP contribution in [-0.4, -0.2) is 95.9 Å².